The predicted octanol–water partition coefficient (Wildman–Crippen LogP) is 2.02. The molecule has 0 amide bonds. The first-order valence-corrected chi connectivity index (χ1v) is 6.95. The van der Waals surface area contributed by atoms with Gasteiger partial charge in [-0.15, -0.1) is 0 Å². The van der Waals surface area contributed by atoms with Crippen LogP contribution in [0.1, 0.15) is 26.2 Å². The van der Waals surface area contributed by atoms with Crippen LogP contribution >= 0.6 is 0 Å². The monoisotopic (exact) mass is 260 g/mol. The summed E-state index contributed by atoms with van der Waals surface area (Å²) in [7, 11) is 1.84. The first-order chi connectivity index (χ1) is 9.31. The summed E-state index contributed by atoms with van der Waals surface area (Å²) in [5, 5.41) is 11.0. The summed E-state index contributed by atoms with van der Waals surface area (Å²) in [6, 6.07) is 0. The van der Waals surface area contributed by atoms with Gasteiger partial charge in [0, 0.05) is 20.1 Å². The molecule has 0 bridgehead atoms. The minimum Gasteiger partial charge on any atom is -0.357 e. The molecular weight excluding hydrogens is 240 g/mol. The van der Waals surface area contributed by atoms with Crippen molar-refractivity contribution in [2.45, 2.75) is 26.2 Å². The average molecular weight is 260 g/mol. The van der Waals surface area contributed by atoms with E-state index in [-0.39, 0.29) is 0 Å². The van der Waals surface area contributed by atoms with Crippen LogP contribution in [0.2, 0.25) is 0 Å². The zero-order valence-corrected chi connectivity index (χ0v) is 11.5. The van der Waals surface area contributed by atoms with E-state index in [0.717, 1.165) is 35.9 Å². The Morgan fingerprint density at radius 1 is 1.47 bits per heavy atom. The largest absolute Gasteiger partial charge is 0.357 e. The van der Waals surface area contributed by atoms with Crippen LogP contribution in [0.5, 0.6) is 0 Å². The van der Waals surface area contributed by atoms with Gasteiger partial charge in [0.1, 0.15) is 5.82 Å². The number of anilines is 2. The van der Waals surface area contributed by atoms with Gasteiger partial charge >= 0.3 is 0 Å². The summed E-state index contributed by atoms with van der Waals surface area (Å²) >= 11 is 0. The highest BCUT2D eigenvalue weighted by molar-refractivity contribution is 5.87. The second-order valence-corrected chi connectivity index (χ2v) is 5.12. The summed E-state index contributed by atoms with van der Waals surface area (Å²) in [6.45, 7) is 4.41. The Morgan fingerprint density at radius 2 is 2.37 bits per heavy atom. The Morgan fingerprint density at radius 3 is 3.16 bits per heavy atom. The maximum Gasteiger partial charge on any atom is 0.226 e. The molecule has 19 heavy (non-hydrogen) atoms. The van der Waals surface area contributed by atoms with E-state index in [4.69, 9.17) is 0 Å². The number of fused-ring (bicyclic) bond motifs is 1. The van der Waals surface area contributed by atoms with E-state index in [1.54, 1.807) is 0 Å². The van der Waals surface area contributed by atoms with Gasteiger partial charge in [0.05, 0.1) is 11.6 Å². The molecule has 3 heterocycles. The number of hydrogen-bond donors (Lipinski definition) is 2. The first-order valence-electron chi connectivity index (χ1n) is 6.95. The number of rotatable bonds is 3. The number of H-pyrrole nitrogens is 1. The normalized spacial score (nSPS) is 19.9. The molecule has 3 rings (SSSR count). The molecule has 102 valence electrons. The molecule has 0 spiro atoms. The van der Waals surface area contributed by atoms with Crippen molar-refractivity contribution in [3.8, 4) is 0 Å². The third kappa shape index (κ3) is 2.22. The zero-order valence-electron chi connectivity index (χ0n) is 11.5. The van der Waals surface area contributed by atoms with Crippen LogP contribution in [-0.4, -0.2) is 40.3 Å². The second-order valence-electron chi connectivity index (χ2n) is 5.12. The van der Waals surface area contributed by atoms with Crippen LogP contribution in [0, 0.1) is 5.92 Å². The molecule has 0 aliphatic carbocycles. The van der Waals surface area contributed by atoms with E-state index < -0.39 is 0 Å². The maximum absolute atomic E-state index is 4.63. The van der Waals surface area contributed by atoms with Gasteiger partial charge < -0.3 is 10.2 Å². The van der Waals surface area contributed by atoms with Crippen LogP contribution in [0.3, 0.4) is 0 Å². The lowest BCUT2D eigenvalue weighted by Gasteiger charge is -2.33. The number of aromatic nitrogens is 4. The molecular formula is C13H20N6. The van der Waals surface area contributed by atoms with Crippen molar-refractivity contribution < 1.29 is 0 Å². The minimum atomic E-state index is 0.644. The molecule has 0 radical (unpaired) electrons. The van der Waals surface area contributed by atoms with E-state index in [9.17, 15) is 0 Å². The highest BCUT2D eigenvalue weighted by Gasteiger charge is 2.22. The third-order valence-corrected chi connectivity index (χ3v) is 3.91. The van der Waals surface area contributed by atoms with Gasteiger partial charge in [0.25, 0.3) is 0 Å². The molecule has 2 N–H and O–H groups in total. The Kier molecular flexibility index (Phi) is 3.23. The van der Waals surface area contributed by atoms with Crippen molar-refractivity contribution in [1.29, 1.82) is 0 Å². The molecule has 0 saturated carbocycles. The number of aromatic amines is 1. The van der Waals surface area contributed by atoms with Gasteiger partial charge in [-0.2, -0.15) is 15.1 Å². The lowest BCUT2D eigenvalue weighted by molar-refractivity contribution is 0.403. The molecule has 6 heteroatoms. The minimum absolute atomic E-state index is 0.644. The molecule has 1 fully saturated rings. The van der Waals surface area contributed by atoms with E-state index in [1.165, 1.54) is 19.3 Å². The van der Waals surface area contributed by atoms with E-state index in [0.29, 0.717) is 5.95 Å². The van der Waals surface area contributed by atoms with Crippen LogP contribution in [-0.2, 0) is 0 Å². The van der Waals surface area contributed by atoms with Gasteiger partial charge in [-0.05, 0) is 18.8 Å². The van der Waals surface area contributed by atoms with E-state index >= 15 is 0 Å². The predicted molar refractivity (Wildman–Crippen MR) is 76.5 cm³/mol. The molecule has 1 aliphatic rings. The molecule has 2 aromatic rings. The first kappa shape index (κ1) is 12.2. The molecule has 6 nitrogen and oxygen atoms in total. The Hall–Kier alpha value is -1.85. The van der Waals surface area contributed by atoms with Crippen molar-refractivity contribution in [1.82, 2.24) is 20.2 Å². The molecule has 1 saturated heterocycles. The average Bonchev–Trinajstić information content (AvgIpc) is 2.94. The van der Waals surface area contributed by atoms with Crippen molar-refractivity contribution in [2.24, 2.45) is 5.92 Å². The highest BCUT2D eigenvalue weighted by atomic mass is 15.3. The van der Waals surface area contributed by atoms with Gasteiger partial charge in [-0.1, -0.05) is 13.3 Å². The van der Waals surface area contributed by atoms with Crippen molar-refractivity contribution in [2.75, 3.05) is 30.4 Å². The van der Waals surface area contributed by atoms with E-state index in [1.807, 2.05) is 13.2 Å². The highest BCUT2D eigenvalue weighted by Crippen LogP contribution is 2.28. The van der Waals surface area contributed by atoms with Gasteiger partial charge in [0.2, 0.25) is 5.95 Å². The Labute approximate surface area is 112 Å². The Balaban J connectivity index is 2.00. The summed E-state index contributed by atoms with van der Waals surface area (Å²) in [5.74, 6) is 2.41. The lowest BCUT2D eigenvalue weighted by Crippen LogP contribution is -2.36. The summed E-state index contributed by atoms with van der Waals surface area (Å²) in [6.07, 6.45) is 5.61. The van der Waals surface area contributed by atoms with Gasteiger partial charge in [-0.3, -0.25) is 5.10 Å². The lowest BCUT2D eigenvalue weighted by atomic mass is 9.95. The van der Waals surface area contributed by atoms with Crippen LogP contribution in [0.25, 0.3) is 11.0 Å². The van der Waals surface area contributed by atoms with Crippen LogP contribution in [0.4, 0.5) is 11.8 Å². The quantitative estimate of drug-likeness (QED) is 0.883. The summed E-state index contributed by atoms with van der Waals surface area (Å²) in [4.78, 5) is 11.4. The molecule has 2 aromatic heterocycles. The second kappa shape index (κ2) is 5.03. The number of hydrogen-bond acceptors (Lipinski definition) is 5. The number of nitrogens with zero attached hydrogens (tertiary/aromatic N) is 4. The fourth-order valence-electron chi connectivity index (χ4n) is 2.76. The summed E-state index contributed by atoms with van der Waals surface area (Å²) < 4.78 is 0. The van der Waals surface area contributed by atoms with Crippen molar-refractivity contribution >= 4 is 22.8 Å². The van der Waals surface area contributed by atoms with Gasteiger partial charge in [-0.25, -0.2) is 0 Å². The molecule has 1 aliphatic heterocycles. The van der Waals surface area contributed by atoms with E-state index in [2.05, 4.69) is 37.3 Å². The smallest absolute Gasteiger partial charge is 0.226 e. The molecule has 0 aromatic carbocycles. The van der Waals surface area contributed by atoms with Crippen LogP contribution in [0.15, 0.2) is 6.20 Å². The van der Waals surface area contributed by atoms with Crippen molar-refractivity contribution in [3.05, 3.63) is 6.20 Å². The number of piperidine rings is 1. The maximum atomic E-state index is 4.63. The topological polar surface area (TPSA) is 69.7 Å². The van der Waals surface area contributed by atoms with Crippen LogP contribution < -0.4 is 10.2 Å². The Bertz CT molecular complexity index is 563. The zero-order chi connectivity index (χ0) is 13.2. The fourth-order valence-corrected chi connectivity index (χ4v) is 2.76. The molecule has 1 atom stereocenters. The molecule has 1 unspecified atom stereocenters. The standard InChI is InChI=1S/C13H20N6/c1-3-9-5-4-6-19(8-9)12-10-7-15-18-11(10)16-13(14-2)17-12/h7,9H,3-6,8H2,1-2H3,(H2,14,15,16,17,18). The van der Waals surface area contributed by atoms with Gasteiger partial charge in [0.15, 0.2) is 5.65 Å². The third-order valence-electron chi connectivity index (χ3n) is 3.91. The SMILES string of the molecule is CCC1CCCN(c2nc(NC)nc3[nH]ncc23)C1. The summed E-state index contributed by atoms with van der Waals surface area (Å²) in [5.41, 5.74) is 0.799. The number of nitrogens with one attached hydrogen (secondary N) is 2. The fraction of sp³-hybridized carbons (Fsp3) is 0.615. The van der Waals surface area contributed by atoms with Crippen molar-refractivity contribution in [3.63, 3.8) is 0 Å².